The fourth-order valence-electron chi connectivity index (χ4n) is 2.73. The number of imidazole rings is 1. The van der Waals surface area contributed by atoms with Crippen molar-refractivity contribution in [3.63, 3.8) is 0 Å². The molecule has 4 heterocycles. The lowest BCUT2D eigenvalue weighted by molar-refractivity contribution is 0.0313. The van der Waals surface area contributed by atoms with Gasteiger partial charge in [-0.15, -0.1) is 11.8 Å². The topological polar surface area (TPSA) is 109 Å². The lowest BCUT2D eigenvalue weighted by atomic mass is 10.2. The molecule has 0 amide bonds. The number of nitrogens with one attached hydrogen (secondary N) is 1. The molecule has 0 aromatic carbocycles. The molecule has 11 heteroatoms. The highest BCUT2D eigenvalue weighted by atomic mass is 35.5. The number of aliphatic hydroxyl groups excluding tert-OH is 2. The number of hydrogen-bond acceptors (Lipinski definition) is 8. The van der Waals surface area contributed by atoms with E-state index in [1.807, 2.05) is 0 Å². The highest BCUT2D eigenvalue weighted by Crippen LogP contribution is 2.38. The lowest BCUT2D eigenvalue weighted by Gasteiger charge is -2.17. The smallest absolute Gasteiger partial charge is 0.226 e. The van der Waals surface area contributed by atoms with Crippen LogP contribution >= 0.6 is 23.4 Å². The van der Waals surface area contributed by atoms with Crippen molar-refractivity contribution in [3.8, 4) is 0 Å². The fraction of sp³-hybridized carbons (Fsp3) is 0.333. The predicted molar refractivity (Wildman–Crippen MR) is 95.4 cm³/mol. The Morgan fingerprint density at radius 2 is 2.15 bits per heavy atom. The standard InChI is InChI=1S/C15H14ClFN6O2S/c16-15-21-12(19-4-7-1-2-9(17)18-3-7)10-13(22-15)23(6-20-10)14-11(25)8(24)5-26-14/h1-3,6,8,11,14,24-25H,4-5H2,(H,19,21,22)/t8-,11-,14-/m1/s1. The lowest BCUT2D eigenvalue weighted by Crippen LogP contribution is -2.27. The molecule has 3 aromatic rings. The molecule has 1 saturated heterocycles. The summed E-state index contributed by atoms with van der Waals surface area (Å²) in [7, 11) is 0. The fourth-order valence-corrected chi connectivity index (χ4v) is 4.18. The van der Waals surface area contributed by atoms with Gasteiger partial charge in [-0.05, 0) is 23.2 Å². The summed E-state index contributed by atoms with van der Waals surface area (Å²) in [6.45, 7) is 0.349. The SMILES string of the molecule is O[C@@H]1[C@H](O)CS[C@H]1n1cnc2c(NCc3ccc(F)nc3)nc(Cl)nc21. The van der Waals surface area contributed by atoms with Gasteiger partial charge in [0.15, 0.2) is 17.0 Å². The number of aliphatic hydroxyl groups is 2. The molecule has 4 rings (SSSR count). The Morgan fingerprint density at radius 1 is 1.31 bits per heavy atom. The van der Waals surface area contributed by atoms with Crippen LogP contribution in [0.15, 0.2) is 24.7 Å². The van der Waals surface area contributed by atoms with Gasteiger partial charge in [0.1, 0.15) is 11.5 Å². The molecule has 3 aromatic heterocycles. The van der Waals surface area contributed by atoms with Crippen LogP contribution in [0.1, 0.15) is 10.9 Å². The minimum Gasteiger partial charge on any atom is -0.389 e. The van der Waals surface area contributed by atoms with Gasteiger partial charge in [-0.3, -0.25) is 4.57 Å². The number of halogens is 2. The van der Waals surface area contributed by atoms with E-state index in [1.54, 1.807) is 17.0 Å². The summed E-state index contributed by atoms with van der Waals surface area (Å²) in [5.41, 5.74) is 1.70. The van der Waals surface area contributed by atoms with Gasteiger partial charge in [-0.25, -0.2) is 9.97 Å². The van der Waals surface area contributed by atoms with E-state index in [-0.39, 0.29) is 5.28 Å². The van der Waals surface area contributed by atoms with Crippen molar-refractivity contribution < 1.29 is 14.6 Å². The quantitative estimate of drug-likeness (QED) is 0.450. The highest BCUT2D eigenvalue weighted by Gasteiger charge is 2.36. The van der Waals surface area contributed by atoms with E-state index in [0.29, 0.717) is 29.3 Å². The summed E-state index contributed by atoms with van der Waals surface area (Å²) in [6.07, 6.45) is 1.24. The average Bonchev–Trinajstić information content (AvgIpc) is 3.18. The van der Waals surface area contributed by atoms with E-state index in [4.69, 9.17) is 11.6 Å². The zero-order valence-electron chi connectivity index (χ0n) is 13.3. The summed E-state index contributed by atoms with van der Waals surface area (Å²) in [5.74, 6) is 0.295. The molecular formula is C15H14ClFN6O2S. The second-order valence-corrected chi connectivity index (χ2v) is 7.28. The Morgan fingerprint density at radius 3 is 2.85 bits per heavy atom. The van der Waals surface area contributed by atoms with Crippen LogP contribution < -0.4 is 5.32 Å². The molecule has 0 radical (unpaired) electrons. The Hall–Kier alpha value is -2.01. The molecule has 1 fully saturated rings. The minimum atomic E-state index is -0.923. The van der Waals surface area contributed by atoms with Crippen molar-refractivity contribution in [1.82, 2.24) is 24.5 Å². The monoisotopic (exact) mass is 396 g/mol. The number of aromatic nitrogens is 5. The van der Waals surface area contributed by atoms with E-state index in [1.165, 1.54) is 24.0 Å². The first-order valence-electron chi connectivity index (χ1n) is 7.75. The van der Waals surface area contributed by atoms with Gasteiger partial charge in [0.2, 0.25) is 11.2 Å². The van der Waals surface area contributed by atoms with Crippen LogP contribution in [0.3, 0.4) is 0 Å². The molecule has 0 saturated carbocycles. The van der Waals surface area contributed by atoms with E-state index >= 15 is 0 Å². The van der Waals surface area contributed by atoms with Crippen molar-refractivity contribution in [3.05, 3.63) is 41.5 Å². The average molecular weight is 397 g/mol. The second-order valence-electron chi connectivity index (χ2n) is 5.79. The third kappa shape index (κ3) is 3.20. The molecule has 8 nitrogen and oxygen atoms in total. The van der Waals surface area contributed by atoms with Gasteiger partial charge in [0.25, 0.3) is 0 Å². The maximum absolute atomic E-state index is 12.9. The number of fused-ring (bicyclic) bond motifs is 1. The Kier molecular flexibility index (Phi) is 4.65. The van der Waals surface area contributed by atoms with E-state index in [0.717, 1.165) is 5.56 Å². The van der Waals surface area contributed by atoms with Crippen LogP contribution in [-0.4, -0.2) is 52.7 Å². The van der Waals surface area contributed by atoms with Crippen LogP contribution in [-0.2, 0) is 6.54 Å². The Balaban J connectivity index is 1.64. The van der Waals surface area contributed by atoms with Crippen molar-refractivity contribution in [2.24, 2.45) is 0 Å². The maximum Gasteiger partial charge on any atom is 0.226 e. The third-order valence-electron chi connectivity index (χ3n) is 4.04. The molecule has 1 aliphatic heterocycles. The first-order valence-corrected chi connectivity index (χ1v) is 9.17. The second kappa shape index (κ2) is 6.95. The summed E-state index contributed by atoms with van der Waals surface area (Å²) >= 11 is 7.45. The Labute approximate surface area is 156 Å². The number of hydrogen-bond donors (Lipinski definition) is 3. The van der Waals surface area contributed by atoms with Gasteiger partial charge < -0.3 is 15.5 Å². The molecule has 26 heavy (non-hydrogen) atoms. The highest BCUT2D eigenvalue weighted by molar-refractivity contribution is 7.99. The summed E-state index contributed by atoms with van der Waals surface area (Å²) in [5, 5.41) is 22.6. The van der Waals surface area contributed by atoms with Gasteiger partial charge >= 0.3 is 0 Å². The Bertz CT molecular complexity index is 940. The molecule has 0 bridgehead atoms. The van der Waals surface area contributed by atoms with Gasteiger partial charge in [-0.1, -0.05) is 6.07 Å². The molecule has 0 unspecified atom stereocenters. The summed E-state index contributed by atoms with van der Waals surface area (Å²) < 4.78 is 14.6. The van der Waals surface area contributed by atoms with Crippen molar-refractivity contribution in [2.75, 3.05) is 11.1 Å². The zero-order valence-corrected chi connectivity index (χ0v) is 14.8. The van der Waals surface area contributed by atoms with Crippen molar-refractivity contribution in [1.29, 1.82) is 0 Å². The first kappa shape index (κ1) is 17.4. The molecule has 3 N–H and O–H groups in total. The number of thioether (sulfide) groups is 1. The van der Waals surface area contributed by atoms with E-state index in [9.17, 15) is 14.6 Å². The molecule has 0 aliphatic carbocycles. The molecule has 1 aliphatic rings. The van der Waals surface area contributed by atoms with Crippen LogP contribution in [0.5, 0.6) is 0 Å². The molecule has 0 spiro atoms. The van der Waals surface area contributed by atoms with Crippen molar-refractivity contribution >= 4 is 40.3 Å². The van der Waals surface area contributed by atoms with Crippen LogP contribution in [0, 0.1) is 5.95 Å². The van der Waals surface area contributed by atoms with E-state index < -0.39 is 23.5 Å². The maximum atomic E-state index is 12.9. The molecule has 3 atom stereocenters. The zero-order chi connectivity index (χ0) is 18.3. The third-order valence-corrected chi connectivity index (χ3v) is 5.59. The van der Waals surface area contributed by atoms with Gasteiger partial charge in [0.05, 0.1) is 12.4 Å². The van der Waals surface area contributed by atoms with E-state index in [2.05, 4.69) is 25.3 Å². The van der Waals surface area contributed by atoms with Crippen molar-refractivity contribution in [2.45, 2.75) is 24.1 Å². The number of anilines is 1. The number of pyridine rings is 1. The minimum absolute atomic E-state index is 0.0250. The number of rotatable bonds is 4. The normalized spacial score (nSPS) is 22.8. The van der Waals surface area contributed by atoms with Gasteiger partial charge in [-0.2, -0.15) is 14.4 Å². The predicted octanol–water partition coefficient (Wildman–Crippen LogP) is 1.59. The largest absolute Gasteiger partial charge is 0.389 e. The molecule has 136 valence electrons. The van der Waals surface area contributed by atoms with Crippen LogP contribution in [0.4, 0.5) is 10.2 Å². The number of nitrogens with zero attached hydrogens (tertiary/aromatic N) is 5. The van der Waals surface area contributed by atoms with Crippen LogP contribution in [0.2, 0.25) is 5.28 Å². The summed E-state index contributed by atoms with van der Waals surface area (Å²) in [4.78, 5) is 16.3. The summed E-state index contributed by atoms with van der Waals surface area (Å²) in [6, 6.07) is 2.89. The molecular weight excluding hydrogens is 383 g/mol. The van der Waals surface area contributed by atoms with Crippen LogP contribution in [0.25, 0.3) is 11.2 Å². The van der Waals surface area contributed by atoms with Gasteiger partial charge in [0, 0.05) is 18.5 Å². The first-order chi connectivity index (χ1) is 12.5.